The maximum absolute atomic E-state index is 14.0. The number of hydrazine groups is 1. The van der Waals surface area contributed by atoms with Crippen LogP contribution in [0.4, 0.5) is 0 Å². The van der Waals surface area contributed by atoms with Crippen LogP contribution in [0.25, 0.3) is 33.3 Å². The molecule has 2 aromatic carbocycles. The van der Waals surface area contributed by atoms with Crippen molar-refractivity contribution in [3.05, 3.63) is 71.5 Å². The van der Waals surface area contributed by atoms with Crippen LogP contribution in [0.5, 0.6) is 5.75 Å². The largest absolute Gasteiger partial charge is 0.508 e. The summed E-state index contributed by atoms with van der Waals surface area (Å²) in [4.78, 5) is 55.0. The molecule has 0 bridgehead atoms. The van der Waals surface area contributed by atoms with Crippen LogP contribution in [0.1, 0.15) is 64.2 Å². The lowest BCUT2D eigenvalue weighted by molar-refractivity contribution is -0.141. The highest BCUT2D eigenvalue weighted by Crippen LogP contribution is 2.41. The summed E-state index contributed by atoms with van der Waals surface area (Å²) in [5, 5.41) is 19.8. The van der Waals surface area contributed by atoms with Gasteiger partial charge in [-0.1, -0.05) is 39.8 Å². The lowest BCUT2D eigenvalue weighted by Gasteiger charge is -2.33. The summed E-state index contributed by atoms with van der Waals surface area (Å²) in [6, 6.07) is 12.4. The van der Waals surface area contributed by atoms with Gasteiger partial charge in [0.25, 0.3) is 12.4 Å². The van der Waals surface area contributed by atoms with Crippen LogP contribution >= 0.6 is 0 Å². The fourth-order valence-corrected chi connectivity index (χ4v) is 8.38. The Morgan fingerprint density at radius 3 is 2.44 bits per heavy atom. The quantitative estimate of drug-likeness (QED) is 0.0982. The molecular weight excluding hydrogens is 775 g/mol. The van der Waals surface area contributed by atoms with E-state index in [9.17, 15) is 24.3 Å². The van der Waals surface area contributed by atoms with E-state index in [4.69, 9.17) is 9.47 Å². The molecule has 2 saturated heterocycles. The molecule has 2 aliphatic rings. The summed E-state index contributed by atoms with van der Waals surface area (Å²) in [6.07, 6.45) is 7.30. The van der Waals surface area contributed by atoms with E-state index in [1.165, 1.54) is 0 Å². The van der Waals surface area contributed by atoms with Crippen molar-refractivity contribution in [2.75, 3.05) is 54.0 Å². The van der Waals surface area contributed by atoms with Gasteiger partial charge in [-0.25, -0.2) is 5.43 Å². The van der Waals surface area contributed by atoms with Gasteiger partial charge in [0.1, 0.15) is 18.1 Å². The lowest BCUT2D eigenvalue weighted by Crippen LogP contribution is -2.58. The standard InChI is InChI=1S/C43H58N6O6.C4H7NO/c1-9-48-38-13-12-30(22-34(38)35(23-43(4,5)26-55-27-50)40(48)36-24-44-16-14-31(36)25-54-8)32-18-29(19-33(51)21-32)20-37(42(53)49-17-11-10-15-45-49)46-41(52)39(28(2)3)47(6)7;6-3-4-1-5-2-4/h12-14,16,18-19,21-22,24,27-28,37,39,45,51H,9-11,15,17,20,23,25-26H2,1-8H3,(H,46,52);3-5H,1-2H2. The molecule has 4 aromatic rings. The Morgan fingerprint density at radius 1 is 1.08 bits per heavy atom. The molecule has 2 amide bonds. The highest BCUT2D eigenvalue weighted by atomic mass is 16.5. The molecule has 0 spiro atoms. The highest BCUT2D eigenvalue weighted by molar-refractivity contribution is 5.95. The number of fused-ring (bicyclic) bond motifs is 1. The number of rotatable bonds is 18. The van der Waals surface area contributed by atoms with E-state index >= 15 is 0 Å². The molecule has 2 unspecified atom stereocenters. The number of likely N-dealkylation sites (N-methyl/N-ethyl adjacent to an activating group) is 1. The summed E-state index contributed by atoms with van der Waals surface area (Å²) < 4.78 is 13.2. The Balaban J connectivity index is 0.00000108. The van der Waals surface area contributed by atoms with Gasteiger partial charge in [-0.05, 0) is 104 Å². The normalized spacial score (nSPS) is 15.5. The summed E-state index contributed by atoms with van der Waals surface area (Å²) >= 11 is 0. The molecule has 4 heterocycles. The molecule has 0 saturated carbocycles. The Labute approximate surface area is 360 Å². The second-order valence-electron chi connectivity index (χ2n) is 17.5. The third-order valence-electron chi connectivity index (χ3n) is 11.4. The first-order valence-corrected chi connectivity index (χ1v) is 21.3. The molecule has 6 rings (SSSR count). The second kappa shape index (κ2) is 21.6. The van der Waals surface area contributed by atoms with Crippen LogP contribution < -0.4 is 16.1 Å². The summed E-state index contributed by atoms with van der Waals surface area (Å²) in [5.41, 5.74) is 10.3. The third kappa shape index (κ3) is 11.8. The van der Waals surface area contributed by atoms with Crippen molar-refractivity contribution in [2.45, 2.75) is 85.5 Å². The van der Waals surface area contributed by atoms with E-state index in [2.05, 4.69) is 58.5 Å². The minimum absolute atomic E-state index is 0.0296. The van der Waals surface area contributed by atoms with Crippen LogP contribution in [-0.4, -0.2) is 115 Å². The summed E-state index contributed by atoms with van der Waals surface area (Å²) in [5.74, 6) is -0.00267. The zero-order chi connectivity index (χ0) is 44.3. The molecule has 330 valence electrons. The van der Waals surface area contributed by atoms with E-state index in [0.29, 0.717) is 45.1 Å². The van der Waals surface area contributed by atoms with E-state index in [1.807, 2.05) is 57.2 Å². The van der Waals surface area contributed by atoms with Crippen molar-refractivity contribution >= 4 is 35.5 Å². The van der Waals surface area contributed by atoms with Crippen LogP contribution in [0.15, 0.2) is 54.9 Å². The minimum atomic E-state index is -0.847. The number of carbonyl (C=O) groups is 4. The van der Waals surface area contributed by atoms with Gasteiger partial charge >= 0.3 is 0 Å². The number of aromatic nitrogens is 2. The lowest BCUT2D eigenvalue weighted by atomic mass is 9.84. The van der Waals surface area contributed by atoms with Gasteiger partial charge in [0.15, 0.2) is 0 Å². The Hall–Kier alpha value is -5.15. The molecule has 14 nitrogen and oxygen atoms in total. The van der Waals surface area contributed by atoms with Crippen molar-refractivity contribution in [3.63, 3.8) is 0 Å². The SMILES string of the molecule is CCn1c(-c2cnccc2COC)c(CC(C)(C)COC=O)c2cc(-c3cc(O)cc(CC(NC(=O)C(C(C)C)N(C)C)C(=O)N4CCCCN4)c3)ccc21.O=CC1CNC1. The smallest absolute Gasteiger partial charge is 0.293 e. The van der Waals surface area contributed by atoms with E-state index < -0.39 is 17.5 Å². The van der Waals surface area contributed by atoms with Gasteiger partial charge in [0.05, 0.1) is 24.9 Å². The first-order chi connectivity index (χ1) is 29.2. The minimum Gasteiger partial charge on any atom is -0.508 e. The number of nitrogens with one attached hydrogen (secondary N) is 3. The monoisotopic (exact) mass is 839 g/mol. The van der Waals surface area contributed by atoms with Crippen molar-refractivity contribution in [3.8, 4) is 28.1 Å². The second-order valence-corrected chi connectivity index (χ2v) is 17.5. The van der Waals surface area contributed by atoms with E-state index in [-0.39, 0.29) is 36.5 Å². The number of aryl methyl sites for hydroxylation is 1. The summed E-state index contributed by atoms with van der Waals surface area (Å²) in [6.45, 7) is 15.2. The van der Waals surface area contributed by atoms with Crippen LogP contribution in [0, 0.1) is 17.3 Å². The van der Waals surface area contributed by atoms with Crippen molar-refractivity contribution in [1.82, 2.24) is 35.5 Å². The van der Waals surface area contributed by atoms with E-state index in [1.54, 1.807) is 30.4 Å². The number of nitrogens with zero attached hydrogens (tertiary/aromatic N) is 4. The van der Waals surface area contributed by atoms with Gasteiger partial charge in [-0.15, -0.1) is 0 Å². The number of pyridine rings is 1. The molecule has 4 N–H and O–H groups in total. The molecule has 2 aromatic heterocycles. The highest BCUT2D eigenvalue weighted by Gasteiger charge is 2.33. The van der Waals surface area contributed by atoms with E-state index in [0.717, 1.165) is 82.2 Å². The van der Waals surface area contributed by atoms with Crippen molar-refractivity contribution < 1.29 is 33.8 Å². The average Bonchev–Trinajstić information content (AvgIpc) is 3.50. The van der Waals surface area contributed by atoms with Crippen molar-refractivity contribution in [1.29, 1.82) is 0 Å². The summed E-state index contributed by atoms with van der Waals surface area (Å²) in [7, 11) is 5.41. The number of phenolic OH excluding ortho intramolecular Hbond substituents is 1. The topological polar surface area (TPSA) is 167 Å². The van der Waals surface area contributed by atoms with Gasteiger partial charge in [0.2, 0.25) is 5.91 Å². The average molecular weight is 840 g/mol. The molecule has 14 heteroatoms. The number of benzene rings is 2. The number of aromatic hydroxyl groups is 1. The Kier molecular flexibility index (Phi) is 16.6. The zero-order valence-corrected chi connectivity index (χ0v) is 37.1. The number of methoxy groups -OCH3 is 1. The maximum atomic E-state index is 14.0. The van der Waals surface area contributed by atoms with Gasteiger partial charge in [-0.2, -0.15) is 0 Å². The van der Waals surface area contributed by atoms with Gasteiger partial charge in [-0.3, -0.25) is 29.3 Å². The molecule has 61 heavy (non-hydrogen) atoms. The Bertz CT molecular complexity index is 2110. The number of carbonyl (C=O) groups excluding carboxylic acids is 4. The van der Waals surface area contributed by atoms with Gasteiger partial charge in [0, 0.05) is 86.4 Å². The number of phenols is 1. The van der Waals surface area contributed by atoms with Gasteiger partial charge < -0.3 is 34.6 Å². The zero-order valence-electron chi connectivity index (χ0n) is 37.1. The Morgan fingerprint density at radius 2 is 1.85 bits per heavy atom. The first-order valence-electron chi connectivity index (χ1n) is 21.3. The predicted molar refractivity (Wildman–Crippen MR) is 237 cm³/mol. The molecule has 2 fully saturated rings. The molecule has 0 radical (unpaired) electrons. The number of amides is 2. The molecule has 0 aliphatic carbocycles. The first kappa shape index (κ1) is 46.9. The molecule has 2 atom stereocenters. The number of ether oxygens (including phenoxy) is 2. The fraction of sp³-hybridized carbons (Fsp3) is 0.511. The fourth-order valence-electron chi connectivity index (χ4n) is 8.38. The number of hydrogen-bond donors (Lipinski definition) is 4. The molecule has 2 aliphatic heterocycles. The maximum Gasteiger partial charge on any atom is 0.293 e. The number of aldehydes is 1. The van der Waals surface area contributed by atoms with Crippen LogP contribution in [0.2, 0.25) is 0 Å². The van der Waals surface area contributed by atoms with Crippen LogP contribution in [0.3, 0.4) is 0 Å². The molecular formula is C47H65N7O7. The van der Waals surface area contributed by atoms with Crippen LogP contribution in [-0.2, 0) is 54.6 Å². The number of hydrogen-bond acceptors (Lipinski definition) is 11. The van der Waals surface area contributed by atoms with Crippen molar-refractivity contribution in [2.24, 2.45) is 17.3 Å². The third-order valence-corrected chi connectivity index (χ3v) is 11.4. The predicted octanol–water partition coefficient (Wildman–Crippen LogP) is 5.13.